The van der Waals surface area contributed by atoms with Crippen LogP contribution in [0.25, 0.3) is 32.7 Å². The summed E-state index contributed by atoms with van der Waals surface area (Å²) in [6.45, 7) is 2.07. The van der Waals surface area contributed by atoms with Crippen molar-refractivity contribution in [3.8, 4) is 21.7 Å². The molecule has 0 bridgehead atoms. The van der Waals surface area contributed by atoms with Gasteiger partial charge in [0.2, 0.25) is 0 Å². The van der Waals surface area contributed by atoms with E-state index in [0.29, 0.717) is 16.9 Å². The molecule has 0 fully saturated rings. The number of aryl methyl sites for hydroxylation is 1. The van der Waals surface area contributed by atoms with E-state index in [1.807, 2.05) is 12.1 Å². The van der Waals surface area contributed by atoms with Gasteiger partial charge in [0.1, 0.15) is 5.82 Å². The van der Waals surface area contributed by atoms with Crippen LogP contribution in [0.3, 0.4) is 0 Å². The fourth-order valence-corrected chi connectivity index (χ4v) is 3.49. The largest absolute Gasteiger partial charge is 0.275 e. The molecule has 5 heteroatoms. The fraction of sp³-hybridized carbons (Fsp3) is 0.0588. The van der Waals surface area contributed by atoms with Gasteiger partial charge in [0.15, 0.2) is 5.65 Å². The van der Waals surface area contributed by atoms with Gasteiger partial charge in [0.25, 0.3) is 0 Å². The highest BCUT2D eigenvalue weighted by Gasteiger charge is 2.17. The number of aromatic nitrogens is 3. The van der Waals surface area contributed by atoms with Crippen molar-refractivity contribution in [1.29, 1.82) is 0 Å². The Morgan fingerprint density at radius 2 is 1.91 bits per heavy atom. The summed E-state index contributed by atoms with van der Waals surface area (Å²) < 4.78 is 14.2. The van der Waals surface area contributed by atoms with Gasteiger partial charge in [-0.25, -0.2) is 9.37 Å². The normalized spacial score (nSPS) is 11.2. The van der Waals surface area contributed by atoms with Crippen LogP contribution in [-0.4, -0.2) is 15.2 Å². The lowest BCUT2D eigenvalue weighted by Crippen LogP contribution is -1.86. The summed E-state index contributed by atoms with van der Waals surface area (Å²) in [6, 6.07) is 12.8. The number of benzene rings is 1. The molecule has 0 saturated heterocycles. The third-order valence-corrected chi connectivity index (χ3v) is 4.64. The molecule has 1 aromatic carbocycles. The Balaban J connectivity index is 2.04. The molecule has 0 amide bonds. The number of hydrogen-bond acceptors (Lipinski definition) is 3. The van der Waals surface area contributed by atoms with Gasteiger partial charge in [-0.1, -0.05) is 12.1 Å². The first kappa shape index (κ1) is 13.2. The third-order valence-electron chi connectivity index (χ3n) is 3.60. The summed E-state index contributed by atoms with van der Waals surface area (Å²) in [5.41, 5.74) is 2.80. The van der Waals surface area contributed by atoms with Gasteiger partial charge in [0.05, 0.1) is 11.1 Å². The van der Waals surface area contributed by atoms with E-state index >= 15 is 0 Å². The first-order valence-corrected chi connectivity index (χ1v) is 7.70. The number of nitrogens with one attached hydrogen (secondary N) is 1. The summed E-state index contributed by atoms with van der Waals surface area (Å²) in [4.78, 5) is 6.65. The lowest BCUT2D eigenvalue weighted by atomic mass is 10.0. The maximum atomic E-state index is 14.2. The lowest BCUT2D eigenvalue weighted by molar-refractivity contribution is 0.631. The minimum absolute atomic E-state index is 0.273. The number of fused-ring (bicyclic) bond motifs is 1. The lowest BCUT2D eigenvalue weighted by Gasteiger charge is -2.04. The zero-order valence-electron chi connectivity index (χ0n) is 11.8. The standard InChI is InChI=1S/C17H12FN3S/c1-10-6-7-14(22-10)12-8-9-19-17-15(12)16(20-21-17)11-4-2-3-5-13(11)18/h2-9H,1H3,(H,19,20,21). The maximum Gasteiger partial charge on any atom is 0.182 e. The molecule has 108 valence electrons. The molecule has 4 rings (SSSR count). The minimum atomic E-state index is -0.273. The van der Waals surface area contributed by atoms with Crippen molar-refractivity contribution in [2.24, 2.45) is 0 Å². The highest BCUT2D eigenvalue weighted by molar-refractivity contribution is 7.15. The molecule has 0 unspecified atom stereocenters. The van der Waals surface area contributed by atoms with Crippen molar-refractivity contribution in [3.05, 3.63) is 59.4 Å². The average molecular weight is 309 g/mol. The Labute approximate surface area is 130 Å². The highest BCUT2D eigenvalue weighted by atomic mass is 32.1. The van der Waals surface area contributed by atoms with Crippen molar-refractivity contribution >= 4 is 22.4 Å². The average Bonchev–Trinajstić information content (AvgIpc) is 3.14. The number of hydrogen-bond donors (Lipinski definition) is 1. The van der Waals surface area contributed by atoms with E-state index in [1.54, 1.807) is 29.7 Å². The van der Waals surface area contributed by atoms with Crippen LogP contribution in [0.2, 0.25) is 0 Å². The second-order valence-electron chi connectivity index (χ2n) is 5.05. The van der Waals surface area contributed by atoms with Crippen molar-refractivity contribution in [3.63, 3.8) is 0 Å². The van der Waals surface area contributed by atoms with E-state index < -0.39 is 0 Å². The van der Waals surface area contributed by atoms with E-state index in [0.717, 1.165) is 15.8 Å². The van der Waals surface area contributed by atoms with Crippen LogP contribution in [0.5, 0.6) is 0 Å². The molecule has 0 radical (unpaired) electrons. The predicted molar refractivity (Wildman–Crippen MR) is 87.3 cm³/mol. The first-order chi connectivity index (χ1) is 10.7. The summed E-state index contributed by atoms with van der Waals surface area (Å²) in [6.07, 6.45) is 1.73. The van der Waals surface area contributed by atoms with Gasteiger partial charge in [-0.2, -0.15) is 5.10 Å². The molecular weight excluding hydrogens is 297 g/mol. The molecule has 0 aliphatic carbocycles. The molecule has 3 aromatic heterocycles. The zero-order valence-corrected chi connectivity index (χ0v) is 12.6. The molecule has 0 saturated carbocycles. The van der Waals surface area contributed by atoms with E-state index in [9.17, 15) is 4.39 Å². The number of halogens is 1. The number of pyridine rings is 1. The van der Waals surface area contributed by atoms with Crippen LogP contribution in [0.4, 0.5) is 4.39 Å². The van der Waals surface area contributed by atoms with Gasteiger partial charge in [-0.3, -0.25) is 5.10 Å². The molecule has 0 spiro atoms. The highest BCUT2D eigenvalue weighted by Crippen LogP contribution is 2.37. The van der Waals surface area contributed by atoms with Crippen LogP contribution in [0.1, 0.15) is 4.88 Å². The van der Waals surface area contributed by atoms with E-state index in [2.05, 4.69) is 34.2 Å². The molecule has 22 heavy (non-hydrogen) atoms. The van der Waals surface area contributed by atoms with E-state index in [1.165, 1.54) is 10.9 Å². The first-order valence-electron chi connectivity index (χ1n) is 6.89. The van der Waals surface area contributed by atoms with Crippen molar-refractivity contribution in [1.82, 2.24) is 15.2 Å². The molecule has 3 nitrogen and oxygen atoms in total. The molecule has 1 N–H and O–H groups in total. The maximum absolute atomic E-state index is 14.2. The second-order valence-corrected chi connectivity index (χ2v) is 6.33. The Morgan fingerprint density at radius 1 is 1.05 bits per heavy atom. The van der Waals surface area contributed by atoms with E-state index in [-0.39, 0.29) is 5.82 Å². The molecule has 0 aliphatic rings. The molecule has 4 aromatic rings. The minimum Gasteiger partial charge on any atom is -0.275 e. The molecule has 0 aliphatic heterocycles. The van der Waals surface area contributed by atoms with Crippen molar-refractivity contribution in [2.75, 3.05) is 0 Å². The van der Waals surface area contributed by atoms with Gasteiger partial charge < -0.3 is 0 Å². The monoisotopic (exact) mass is 309 g/mol. The van der Waals surface area contributed by atoms with Crippen LogP contribution in [-0.2, 0) is 0 Å². The fourth-order valence-electron chi connectivity index (χ4n) is 2.59. The number of rotatable bonds is 2. The number of nitrogens with zero attached hydrogens (tertiary/aromatic N) is 2. The Hall–Kier alpha value is -2.53. The van der Waals surface area contributed by atoms with Gasteiger partial charge >= 0.3 is 0 Å². The van der Waals surface area contributed by atoms with Crippen molar-refractivity contribution < 1.29 is 4.39 Å². The Bertz CT molecular complexity index is 971. The number of aromatic amines is 1. The Kier molecular flexibility index (Phi) is 3.01. The van der Waals surface area contributed by atoms with Crippen molar-refractivity contribution in [2.45, 2.75) is 6.92 Å². The zero-order chi connectivity index (χ0) is 15.1. The van der Waals surface area contributed by atoms with Gasteiger partial charge in [-0.15, -0.1) is 11.3 Å². The SMILES string of the molecule is Cc1ccc(-c2ccnc3n[nH]c(-c4ccccc4F)c23)s1. The Morgan fingerprint density at radius 3 is 2.68 bits per heavy atom. The quantitative estimate of drug-likeness (QED) is 0.578. The summed E-state index contributed by atoms with van der Waals surface area (Å²) >= 11 is 1.70. The van der Waals surface area contributed by atoms with Crippen LogP contribution < -0.4 is 0 Å². The third kappa shape index (κ3) is 2.02. The van der Waals surface area contributed by atoms with Crippen LogP contribution in [0, 0.1) is 12.7 Å². The van der Waals surface area contributed by atoms with Gasteiger partial charge in [-0.05, 0) is 37.3 Å². The second kappa shape index (κ2) is 5.03. The van der Waals surface area contributed by atoms with E-state index in [4.69, 9.17) is 0 Å². The van der Waals surface area contributed by atoms with Crippen LogP contribution in [0.15, 0.2) is 48.7 Å². The topological polar surface area (TPSA) is 41.6 Å². The molecule has 0 atom stereocenters. The molecule has 3 heterocycles. The molecular formula is C17H12FN3S. The number of H-pyrrole nitrogens is 1. The summed E-state index contributed by atoms with van der Waals surface area (Å²) in [5.74, 6) is -0.273. The smallest absolute Gasteiger partial charge is 0.182 e. The summed E-state index contributed by atoms with van der Waals surface area (Å²) in [5, 5.41) is 8.03. The summed E-state index contributed by atoms with van der Waals surface area (Å²) in [7, 11) is 0. The predicted octanol–water partition coefficient (Wildman–Crippen LogP) is 4.80. The van der Waals surface area contributed by atoms with Crippen LogP contribution >= 0.6 is 11.3 Å². The van der Waals surface area contributed by atoms with Gasteiger partial charge in [0, 0.05) is 27.1 Å². The number of thiophene rings is 1.